The summed E-state index contributed by atoms with van der Waals surface area (Å²) in [6.45, 7) is 4.60. The number of rotatable bonds is 7. The van der Waals surface area contributed by atoms with Gasteiger partial charge in [-0.1, -0.05) is 38.1 Å². The van der Waals surface area contributed by atoms with Crippen LogP contribution in [0.1, 0.15) is 31.4 Å². The van der Waals surface area contributed by atoms with E-state index in [1.807, 2.05) is 12.1 Å². The Kier molecular flexibility index (Phi) is 6.22. The molecule has 1 aromatic carbocycles. The summed E-state index contributed by atoms with van der Waals surface area (Å²) in [4.78, 5) is 23.9. The first-order chi connectivity index (χ1) is 9.38. The van der Waals surface area contributed by atoms with Crippen LogP contribution >= 0.6 is 0 Å². The topological polar surface area (TPSA) is 57.6 Å². The third-order valence-corrected chi connectivity index (χ3v) is 3.11. The summed E-state index contributed by atoms with van der Waals surface area (Å²) in [5, 5.41) is 8.60. The van der Waals surface area contributed by atoms with E-state index in [-0.39, 0.29) is 18.9 Å². The monoisotopic (exact) mass is 277 g/mol. The van der Waals surface area contributed by atoms with Crippen molar-refractivity contribution in [2.75, 3.05) is 13.6 Å². The molecular formula is C16H23NO3. The average Bonchev–Trinajstić information content (AvgIpc) is 2.37. The van der Waals surface area contributed by atoms with Gasteiger partial charge in [-0.25, -0.2) is 0 Å². The summed E-state index contributed by atoms with van der Waals surface area (Å²) >= 11 is 0. The summed E-state index contributed by atoms with van der Waals surface area (Å²) < 4.78 is 0. The second kappa shape index (κ2) is 7.68. The number of carboxylic acids is 1. The molecule has 110 valence electrons. The van der Waals surface area contributed by atoms with Gasteiger partial charge in [-0.3, -0.25) is 9.59 Å². The van der Waals surface area contributed by atoms with Gasteiger partial charge in [-0.2, -0.15) is 0 Å². The molecule has 1 N–H and O–H groups in total. The minimum Gasteiger partial charge on any atom is -0.481 e. The van der Waals surface area contributed by atoms with Crippen molar-refractivity contribution in [1.29, 1.82) is 0 Å². The Labute approximate surface area is 120 Å². The van der Waals surface area contributed by atoms with Gasteiger partial charge in [-0.15, -0.1) is 0 Å². The Morgan fingerprint density at radius 1 is 1.15 bits per heavy atom. The molecule has 0 saturated heterocycles. The third kappa shape index (κ3) is 5.87. The zero-order valence-corrected chi connectivity index (χ0v) is 12.4. The molecule has 1 aromatic rings. The lowest BCUT2D eigenvalue weighted by molar-refractivity contribution is -0.138. The van der Waals surface area contributed by atoms with E-state index < -0.39 is 5.97 Å². The van der Waals surface area contributed by atoms with Crippen LogP contribution in [-0.2, 0) is 22.4 Å². The van der Waals surface area contributed by atoms with Crippen molar-refractivity contribution >= 4 is 11.9 Å². The fourth-order valence-corrected chi connectivity index (χ4v) is 1.96. The lowest BCUT2D eigenvalue weighted by atomic mass is 10.0. The standard InChI is InChI=1S/C16H23NO3/c1-12(2)10-13-4-6-14(7-5-13)11-15(18)17(3)9-8-16(19)20/h4-7,12H,8-11H2,1-3H3,(H,19,20). The van der Waals surface area contributed by atoms with E-state index in [0.29, 0.717) is 12.3 Å². The van der Waals surface area contributed by atoms with E-state index >= 15 is 0 Å². The van der Waals surface area contributed by atoms with Gasteiger partial charge >= 0.3 is 5.97 Å². The van der Waals surface area contributed by atoms with Gasteiger partial charge in [0.05, 0.1) is 12.8 Å². The smallest absolute Gasteiger partial charge is 0.305 e. The molecule has 0 saturated carbocycles. The number of nitrogens with zero attached hydrogens (tertiary/aromatic N) is 1. The summed E-state index contributed by atoms with van der Waals surface area (Å²) in [5.74, 6) is -0.324. The molecule has 0 aliphatic carbocycles. The predicted octanol–water partition coefficient (Wildman–Crippen LogP) is 2.36. The lowest BCUT2D eigenvalue weighted by Crippen LogP contribution is -2.30. The van der Waals surface area contributed by atoms with E-state index in [4.69, 9.17) is 5.11 Å². The van der Waals surface area contributed by atoms with E-state index in [1.165, 1.54) is 10.5 Å². The predicted molar refractivity (Wildman–Crippen MR) is 78.6 cm³/mol. The van der Waals surface area contributed by atoms with E-state index in [1.54, 1.807) is 7.05 Å². The van der Waals surface area contributed by atoms with Gasteiger partial charge in [0.2, 0.25) is 5.91 Å². The Morgan fingerprint density at radius 2 is 1.70 bits per heavy atom. The quantitative estimate of drug-likeness (QED) is 0.832. The molecule has 0 fully saturated rings. The van der Waals surface area contributed by atoms with Gasteiger partial charge < -0.3 is 10.0 Å². The van der Waals surface area contributed by atoms with E-state index in [0.717, 1.165) is 12.0 Å². The third-order valence-electron chi connectivity index (χ3n) is 3.11. The number of benzene rings is 1. The van der Waals surface area contributed by atoms with Crippen molar-refractivity contribution < 1.29 is 14.7 Å². The maximum Gasteiger partial charge on any atom is 0.305 e. The Hall–Kier alpha value is -1.84. The SMILES string of the molecule is CC(C)Cc1ccc(CC(=O)N(C)CCC(=O)O)cc1. The summed E-state index contributed by atoms with van der Waals surface area (Å²) in [5.41, 5.74) is 2.24. The van der Waals surface area contributed by atoms with Crippen LogP contribution in [0.25, 0.3) is 0 Å². The minimum atomic E-state index is -0.886. The Bertz CT molecular complexity index is 451. The molecule has 0 radical (unpaired) electrons. The molecule has 1 rings (SSSR count). The molecule has 0 aromatic heterocycles. The van der Waals surface area contributed by atoms with Crippen molar-refractivity contribution in [3.05, 3.63) is 35.4 Å². The summed E-state index contributed by atoms with van der Waals surface area (Å²) in [6.07, 6.45) is 1.33. The van der Waals surface area contributed by atoms with Crippen LogP contribution in [0.4, 0.5) is 0 Å². The average molecular weight is 277 g/mol. The fraction of sp³-hybridized carbons (Fsp3) is 0.500. The highest BCUT2D eigenvalue weighted by Crippen LogP contribution is 2.11. The number of carbonyl (C=O) groups is 2. The Morgan fingerprint density at radius 3 is 2.20 bits per heavy atom. The molecular weight excluding hydrogens is 254 g/mol. The molecule has 0 atom stereocenters. The fourth-order valence-electron chi connectivity index (χ4n) is 1.96. The van der Waals surface area contributed by atoms with Crippen LogP contribution in [0.3, 0.4) is 0 Å². The number of aliphatic carboxylic acids is 1. The van der Waals surface area contributed by atoms with Crippen molar-refractivity contribution in [3.8, 4) is 0 Å². The number of hydrogen-bond donors (Lipinski definition) is 1. The zero-order chi connectivity index (χ0) is 15.1. The molecule has 0 aliphatic heterocycles. The second-order valence-electron chi connectivity index (χ2n) is 5.55. The summed E-state index contributed by atoms with van der Waals surface area (Å²) in [6, 6.07) is 8.06. The molecule has 0 unspecified atom stereocenters. The van der Waals surface area contributed by atoms with Gasteiger partial charge in [0.1, 0.15) is 0 Å². The maximum absolute atomic E-state index is 11.9. The highest BCUT2D eigenvalue weighted by molar-refractivity contribution is 5.79. The minimum absolute atomic E-state index is 0.0183. The normalized spacial score (nSPS) is 10.6. The number of hydrogen-bond acceptors (Lipinski definition) is 2. The first-order valence-electron chi connectivity index (χ1n) is 6.92. The molecule has 1 amide bonds. The first-order valence-corrected chi connectivity index (χ1v) is 6.92. The van der Waals surface area contributed by atoms with Gasteiger partial charge in [0, 0.05) is 13.6 Å². The van der Waals surface area contributed by atoms with Crippen LogP contribution in [-0.4, -0.2) is 35.5 Å². The van der Waals surface area contributed by atoms with Crippen LogP contribution in [0, 0.1) is 5.92 Å². The molecule has 0 heterocycles. The van der Waals surface area contributed by atoms with Crippen LogP contribution in [0.15, 0.2) is 24.3 Å². The number of amides is 1. The van der Waals surface area contributed by atoms with Crippen molar-refractivity contribution in [2.24, 2.45) is 5.92 Å². The molecule has 4 heteroatoms. The van der Waals surface area contributed by atoms with Crippen LogP contribution < -0.4 is 0 Å². The molecule has 20 heavy (non-hydrogen) atoms. The first kappa shape index (κ1) is 16.2. The largest absolute Gasteiger partial charge is 0.481 e. The highest BCUT2D eigenvalue weighted by atomic mass is 16.4. The number of likely N-dealkylation sites (N-methyl/N-ethyl adjacent to an activating group) is 1. The maximum atomic E-state index is 11.9. The number of carboxylic acid groups (broad SMARTS) is 1. The van der Waals surface area contributed by atoms with Gasteiger partial charge in [0.15, 0.2) is 0 Å². The second-order valence-corrected chi connectivity index (χ2v) is 5.55. The van der Waals surface area contributed by atoms with Gasteiger partial charge in [0.25, 0.3) is 0 Å². The summed E-state index contributed by atoms with van der Waals surface area (Å²) in [7, 11) is 1.64. The Balaban J connectivity index is 2.51. The van der Waals surface area contributed by atoms with Crippen molar-refractivity contribution in [3.63, 3.8) is 0 Å². The van der Waals surface area contributed by atoms with E-state index in [9.17, 15) is 9.59 Å². The zero-order valence-electron chi connectivity index (χ0n) is 12.4. The van der Waals surface area contributed by atoms with E-state index in [2.05, 4.69) is 26.0 Å². The molecule has 0 aliphatic rings. The lowest BCUT2D eigenvalue weighted by Gasteiger charge is -2.16. The van der Waals surface area contributed by atoms with Gasteiger partial charge in [-0.05, 0) is 23.5 Å². The van der Waals surface area contributed by atoms with Crippen LogP contribution in [0.5, 0.6) is 0 Å². The van der Waals surface area contributed by atoms with Crippen molar-refractivity contribution in [2.45, 2.75) is 33.1 Å². The molecule has 0 spiro atoms. The highest BCUT2D eigenvalue weighted by Gasteiger charge is 2.11. The van der Waals surface area contributed by atoms with Crippen LogP contribution in [0.2, 0.25) is 0 Å². The van der Waals surface area contributed by atoms with Crippen molar-refractivity contribution in [1.82, 2.24) is 4.90 Å². The number of carbonyl (C=O) groups excluding carboxylic acids is 1. The molecule has 4 nitrogen and oxygen atoms in total. The molecule has 0 bridgehead atoms.